The first-order valence-electron chi connectivity index (χ1n) is 6.66. The van der Waals surface area contributed by atoms with Crippen molar-refractivity contribution in [1.82, 2.24) is 0 Å². The lowest BCUT2D eigenvalue weighted by atomic mass is 9.75. The highest BCUT2D eigenvalue weighted by molar-refractivity contribution is 5.76. The van der Waals surface area contributed by atoms with E-state index in [-0.39, 0.29) is 17.3 Å². The molecule has 2 aliphatic carbocycles. The number of aliphatic carboxylic acids is 1. The van der Waals surface area contributed by atoms with E-state index in [2.05, 4.69) is 33.8 Å². The van der Waals surface area contributed by atoms with Crippen molar-refractivity contribution in [1.29, 1.82) is 0 Å². The van der Waals surface area contributed by atoms with Crippen molar-refractivity contribution in [2.75, 3.05) is 0 Å². The van der Waals surface area contributed by atoms with Crippen LogP contribution in [0.1, 0.15) is 53.4 Å². The minimum atomic E-state index is -0.631. The largest absolute Gasteiger partial charge is 0.481 e. The number of carboxylic acids is 1. The van der Waals surface area contributed by atoms with Gasteiger partial charge in [-0.3, -0.25) is 4.79 Å². The average Bonchev–Trinajstić information content (AvgIpc) is 2.72. The van der Waals surface area contributed by atoms with Crippen LogP contribution in [-0.4, -0.2) is 11.1 Å². The van der Waals surface area contributed by atoms with Gasteiger partial charge in [0.15, 0.2) is 0 Å². The minimum Gasteiger partial charge on any atom is -0.481 e. The highest BCUT2D eigenvalue weighted by atomic mass is 16.4. The molecular weight excluding hydrogens is 212 g/mol. The number of carboxylic acid groups (broad SMARTS) is 1. The first kappa shape index (κ1) is 12.7. The standard InChI is InChI=1S/C15H24O2/c1-14(2)7-5-10(6-8-14)9-11-12(13(16)17)15(11,3)4/h9,11-12H,5-8H2,1-4H3,(H,16,17)/t11-,12+/m0/s1. The van der Waals surface area contributed by atoms with E-state index in [1.165, 1.54) is 18.4 Å². The highest BCUT2D eigenvalue weighted by Gasteiger charge is 2.60. The molecule has 0 bridgehead atoms. The van der Waals surface area contributed by atoms with Gasteiger partial charge in [-0.25, -0.2) is 0 Å². The van der Waals surface area contributed by atoms with E-state index in [1.54, 1.807) is 0 Å². The summed E-state index contributed by atoms with van der Waals surface area (Å²) in [6, 6.07) is 0. The number of carbonyl (C=O) groups is 1. The van der Waals surface area contributed by atoms with E-state index >= 15 is 0 Å². The Morgan fingerprint density at radius 2 is 1.76 bits per heavy atom. The Balaban J connectivity index is 2.01. The molecule has 2 saturated carbocycles. The molecule has 0 aromatic carbocycles. The molecule has 17 heavy (non-hydrogen) atoms. The molecule has 0 spiro atoms. The van der Waals surface area contributed by atoms with Gasteiger partial charge in [0.1, 0.15) is 0 Å². The second kappa shape index (κ2) is 3.86. The van der Waals surface area contributed by atoms with Gasteiger partial charge in [0.05, 0.1) is 5.92 Å². The Kier molecular flexibility index (Phi) is 2.87. The Morgan fingerprint density at radius 1 is 1.24 bits per heavy atom. The molecule has 2 nitrogen and oxygen atoms in total. The van der Waals surface area contributed by atoms with Crippen LogP contribution in [0.2, 0.25) is 0 Å². The monoisotopic (exact) mass is 236 g/mol. The third-order valence-electron chi connectivity index (χ3n) is 4.84. The first-order chi connectivity index (χ1) is 7.74. The number of rotatable bonds is 2. The molecule has 0 aliphatic heterocycles. The number of hydrogen-bond acceptors (Lipinski definition) is 1. The van der Waals surface area contributed by atoms with Gasteiger partial charge in [-0.2, -0.15) is 0 Å². The summed E-state index contributed by atoms with van der Waals surface area (Å²) >= 11 is 0. The zero-order valence-corrected chi connectivity index (χ0v) is 11.4. The molecule has 0 saturated heterocycles. The Morgan fingerprint density at radius 3 is 2.18 bits per heavy atom. The molecule has 1 N–H and O–H groups in total. The van der Waals surface area contributed by atoms with Gasteiger partial charge in [0, 0.05) is 0 Å². The SMILES string of the molecule is CC1(C)CCC(=C[C@H]2[C@H](C(=O)O)C2(C)C)CC1. The molecule has 0 aromatic heterocycles. The lowest BCUT2D eigenvalue weighted by molar-refractivity contribution is -0.139. The summed E-state index contributed by atoms with van der Waals surface area (Å²) in [6.07, 6.45) is 7.07. The van der Waals surface area contributed by atoms with Crippen LogP contribution in [0.4, 0.5) is 0 Å². The Hall–Kier alpha value is -0.790. The molecule has 2 heteroatoms. The lowest BCUT2D eigenvalue weighted by Crippen LogP contribution is -2.16. The molecule has 0 heterocycles. The van der Waals surface area contributed by atoms with Gasteiger partial charge in [-0.1, -0.05) is 39.3 Å². The van der Waals surface area contributed by atoms with Crippen LogP contribution < -0.4 is 0 Å². The maximum atomic E-state index is 11.1. The van der Waals surface area contributed by atoms with Gasteiger partial charge < -0.3 is 5.11 Å². The van der Waals surface area contributed by atoms with Gasteiger partial charge in [-0.05, 0) is 42.4 Å². The van der Waals surface area contributed by atoms with E-state index in [0.29, 0.717) is 5.41 Å². The van der Waals surface area contributed by atoms with E-state index < -0.39 is 5.97 Å². The number of hydrogen-bond donors (Lipinski definition) is 1. The minimum absolute atomic E-state index is 0.0359. The number of allylic oxidation sites excluding steroid dienone is 2. The average molecular weight is 236 g/mol. The quantitative estimate of drug-likeness (QED) is 0.739. The maximum absolute atomic E-state index is 11.1. The van der Waals surface area contributed by atoms with E-state index in [0.717, 1.165) is 12.8 Å². The van der Waals surface area contributed by atoms with Crippen LogP contribution >= 0.6 is 0 Å². The molecule has 2 fully saturated rings. The van der Waals surface area contributed by atoms with Gasteiger partial charge in [0.2, 0.25) is 0 Å². The Labute approximate surface area is 104 Å². The maximum Gasteiger partial charge on any atom is 0.307 e. The normalized spacial score (nSPS) is 34.2. The topological polar surface area (TPSA) is 37.3 Å². The van der Waals surface area contributed by atoms with Crippen LogP contribution in [0.15, 0.2) is 11.6 Å². The molecule has 0 aromatic rings. The fraction of sp³-hybridized carbons (Fsp3) is 0.800. The van der Waals surface area contributed by atoms with Crippen LogP contribution in [0.3, 0.4) is 0 Å². The van der Waals surface area contributed by atoms with Crippen molar-refractivity contribution in [3.63, 3.8) is 0 Å². The predicted molar refractivity (Wildman–Crippen MR) is 68.7 cm³/mol. The van der Waals surface area contributed by atoms with Crippen LogP contribution in [-0.2, 0) is 4.79 Å². The molecular formula is C15H24O2. The predicted octanol–water partition coefficient (Wildman–Crippen LogP) is 3.87. The molecule has 2 rings (SSSR count). The van der Waals surface area contributed by atoms with Crippen molar-refractivity contribution in [3.05, 3.63) is 11.6 Å². The fourth-order valence-electron chi connectivity index (χ4n) is 3.13. The zero-order chi connectivity index (χ0) is 12.8. The summed E-state index contributed by atoms with van der Waals surface area (Å²) in [4.78, 5) is 11.1. The molecule has 0 amide bonds. The van der Waals surface area contributed by atoms with Crippen molar-refractivity contribution >= 4 is 5.97 Å². The fourth-order valence-corrected chi connectivity index (χ4v) is 3.13. The molecule has 2 aliphatic rings. The molecule has 0 unspecified atom stereocenters. The lowest BCUT2D eigenvalue weighted by Gasteiger charge is -2.30. The third-order valence-corrected chi connectivity index (χ3v) is 4.84. The van der Waals surface area contributed by atoms with Crippen LogP contribution in [0.25, 0.3) is 0 Å². The third kappa shape index (κ3) is 2.41. The van der Waals surface area contributed by atoms with Crippen molar-refractivity contribution in [3.8, 4) is 0 Å². The van der Waals surface area contributed by atoms with Crippen LogP contribution in [0.5, 0.6) is 0 Å². The van der Waals surface area contributed by atoms with E-state index in [4.69, 9.17) is 5.11 Å². The zero-order valence-electron chi connectivity index (χ0n) is 11.4. The summed E-state index contributed by atoms with van der Waals surface area (Å²) in [5.74, 6) is -0.533. The second-order valence-corrected chi connectivity index (χ2v) is 7.15. The van der Waals surface area contributed by atoms with Crippen molar-refractivity contribution < 1.29 is 9.90 Å². The summed E-state index contributed by atoms with van der Waals surface area (Å²) in [6.45, 7) is 8.79. The van der Waals surface area contributed by atoms with E-state index in [1.807, 2.05) is 0 Å². The van der Waals surface area contributed by atoms with Gasteiger partial charge in [-0.15, -0.1) is 0 Å². The van der Waals surface area contributed by atoms with Crippen molar-refractivity contribution in [2.24, 2.45) is 22.7 Å². The molecule has 0 radical (unpaired) electrons. The van der Waals surface area contributed by atoms with Crippen molar-refractivity contribution in [2.45, 2.75) is 53.4 Å². The summed E-state index contributed by atoms with van der Waals surface area (Å²) in [5, 5.41) is 9.14. The van der Waals surface area contributed by atoms with E-state index in [9.17, 15) is 4.79 Å². The molecule has 2 atom stereocenters. The van der Waals surface area contributed by atoms with Gasteiger partial charge >= 0.3 is 5.97 Å². The summed E-state index contributed by atoms with van der Waals surface area (Å²) in [5.41, 5.74) is 1.93. The smallest absolute Gasteiger partial charge is 0.307 e. The second-order valence-electron chi connectivity index (χ2n) is 7.15. The summed E-state index contributed by atoms with van der Waals surface area (Å²) in [7, 11) is 0. The first-order valence-corrected chi connectivity index (χ1v) is 6.66. The van der Waals surface area contributed by atoms with Gasteiger partial charge in [0.25, 0.3) is 0 Å². The van der Waals surface area contributed by atoms with Crippen LogP contribution in [0, 0.1) is 22.7 Å². The highest BCUT2D eigenvalue weighted by Crippen LogP contribution is 2.60. The Bertz CT molecular complexity index is 351. The summed E-state index contributed by atoms with van der Waals surface area (Å²) < 4.78 is 0. The molecule has 96 valence electrons.